The van der Waals surface area contributed by atoms with Crippen molar-refractivity contribution in [3.63, 3.8) is 0 Å². The minimum atomic E-state index is -0.833. The molecule has 0 atom stereocenters. The van der Waals surface area contributed by atoms with Crippen molar-refractivity contribution in [2.45, 2.75) is 6.92 Å². The van der Waals surface area contributed by atoms with Crippen LogP contribution >= 0.6 is 0 Å². The van der Waals surface area contributed by atoms with E-state index in [4.69, 9.17) is 19.4 Å². The standard InChI is InChI=1S/C10H12O2.C2H4O2/c1-3-8-12-10-7-5-4-6-9(10)11-2;1-2(3)4/h3-7H,1,8H2,2H3;1H3,(H,3,4). The van der Waals surface area contributed by atoms with Crippen molar-refractivity contribution in [2.75, 3.05) is 13.7 Å². The summed E-state index contributed by atoms with van der Waals surface area (Å²) in [5.74, 6) is 0.666. The van der Waals surface area contributed by atoms with Crippen molar-refractivity contribution in [3.8, 4) is 11.5 Å². The van der Waals surface area contributed by atoms with E-state index in [1.165, 1.54) is 0 Å². The molecule has 0 aliphatic rings. The highest BCUT2D eigenvalue weighted by Gasteiger charge is 1.99. The summed E-state index contributed by atoms with van der Waals surface area (Å²) in [6.45, 7) is 5.15. The minimum Gasteiger partial charge on any atom is -0.493 e. The van der Waals surface area contributed by atoms with Crippen LogP contribution in [0.2, 0.25) is 0 Å². The van der Waals surface area contributed by atoms with E-state index < -0.39 is 5.97 Å². The van der Waals surface area contributed by atoms with Crippen LogP contribution in [0.5, 0.6) is 11.5 Å². The molecular formula is C12H16O4. The van der Waals surface area contributed by atoms with E-state index in [0.29, 0.717) is 6.61 Å². The molecule has 4 nitrogen and oxygen atoms in total. The predicted octanol–water partition coefficient (Wildman–Crippen LogP) is 2.35. The number of para-hydroxylation sites is 2. The maximum Gasteiger partial charge on any atom is 0.300 e. The molecular weight excluding hydrogens is 208 g/mol. The minimum absolute atomic E-state index is 0.500. The molecule has 1 aromatic rings. The van der Waals surface area contributed by atoms with E-state index in [-0.39, 0.29) is 0 Å². The van der Waals surface area contributed by atoms with E-state index in [1.54, 1.807) is 13.2 Å². The zero-order valence-electron chi connectivity index (χ0n) is 9.47. The lowest BCUT2D eigenvalue weighted by Crippen LogP contribution is -1.95. The Hall–Kier alpha value is -1.97. The third-order valence-electron chi connectivity index (χ3n) is 1.43. The fourth-order valence-electron chi connectivity index (χ4n) is 0.887. The van der Waals surface area contributed by atoms with Crippen LogP contribution in [0, 0.1) is 0 Å². The number of carboxylic acids is 1. The van der Waals surface area contributed by atoms with Crippen LogP contribution in [0.15, 0.2) is 36.9 Å². The number of carboxylic acid groups (broad SMARTS) is 1. The maximum absolute atomic E-state index is 9.00. The second-order valence-electron chi connectivity index (χ2n) is 2.77. The summed E-state index contributed by atoms with van der Waals surface area (Å²) in [5.41, 5.74) is 0. The van der Waals surface area contributed by atoms with E-state index in [2.05, 4.69) is 6.58 Å². The third kappa shape index (κ3) is 6.48. The van der Waals surface area contributed by atoms with Gasteiger partial charge in [-0.15, -0.1) is 0 Å². The second kappa shape index (κ2) is 8.35. The topological polar surface area (TPSA) is 55.8 Å². The van der Waals surface area contributed by atoms with Crippen molar-refractivity contribution >= 4 is 5.97 Å². The first-order valence-corrected chi connectivity index (χ1v) is 4.68. The van der Waals surface area contributed by atoms with Gasteiger partial charge in [0.1, 0.15) is 6.61 Å². The van der Waals surface area contributed by atoms with Crippen molar-refractivity contribution in [3.05, 3.63) is 36.9 Å². The summed E-state index contributed by atoms with van der Waals surface area (Å²) in [4.78, 5) is 9.00. The number of hydrogen-bond acceptors (Lipinski definition) is 3. The van der Waals surface area contributed by atoms with Crippen molar-refractivity contribution in [2.24, 2.45) is 0 Å². The first-order chi connectivity index (χ1) is 7.61. The zero-order valence-corrected chi connectivity index (χ0v) is 9.47. The van der Waals surface area contributed by atoms with E-state index >= 15 is 0 Å². The van der Waals surface area contributed by atoms with Gasteiger partial charge in [-0.1, -0.05) is 24.8 Å². The van der Waals surface area contributed by atoms with Gasteiger partial charge in [0.05, 0.1) is 7.11 Å². The molecule has 0 saturated carbocycles. The molecule has 0 radical (unpaired) electrons. The van der Waals surface area contributed by atoms with E-state index in [0.717, 1.165) is 18.4 Å². The second-order valence-corrected chi connectivity index (χ2v) is 2.77. The summed E-state index contributed by atoms with van der Waals surface area (Å²) in [5, 5.41) is 7.42. The Bertz CT molecular complexity index is 330. The summed E-state index contributed by atoms with van der Waals surface area (Å²) < 4.78 is 10.4. The molecule has 0 saturated heterocycles. The summed E-state index contributed by atoms with van der Waals surface area (Å²) >= 11 is 0. The summed E-state index contributed by atoms with van der Waals surface area (Å²) in [7, 11) is 1.62. The van der Waals surface area contributed by atoms with Crippen LogP contribution in [-0.2, 0) is 4.79 Å². The van der Waals surface area contributed by atoms with Gasteiger partial charge in [0.15, 0.2) is 11.5 Å². The number of benzene rings is 1. The Labute approximate surface area is 95.1 Å². The highest BCUT2D eigenvalue weighted by Crippen LogP contribution is 2.25. The number of ether oxygens (including phenoxy) is 2. The molecule has 0 aliphatic heterocycles. The smallest absolute Gasteiger partial charge is 0.300 e. The Morgan fingerprint density at radius 3 is 2.38 bits per heavy atom. The Kier molecular flexibility index (Phi) is 7.32. The molecule has 16 heavy (non-hydrogen) atoms. The van der Waals surface area contributed by atoms with Crippen LogP contribution < -0.4 is 9.47 Å². The fourth-order valence-corrected chi connectivity index (χ4v) is 0.887. The van der Waals surface area contributed by atoms with Crippen molar-refractivity contribution in [1.82, 2.24) is 0 Å². The molecule has 0 aliphatic carbocycles. The zero-order chi connectivity index (χ0) is 12.4. The van der Waals surface area contributed by atoms with Crippen LogP contribution in [0.25, 0.3) is 0 Å². The van der Waals surface area contributed by atoms with E-state index in [1.807, 2.05) is 24.3 Å². The number of methoxy groups -OCH3 is 1. The van der Waals surface area contributed by atoms with E-state index in [9.17, 15) is 0 Å². The average Bonchev–Trinajstić information content (AvgIpc) is 2.26. The number of aliphatic carboxylic acids is 1. The third-order valence-corrected chi connectivity index (χ3v) is 1.43. The SMILES string of the molecule is C=CCOc1ccccc1OC.CC(=O)O. The van der Waals surface area contributed by atoms with Gasteiger partial charge < -0.3 is 14.6 Å². The van der Waals surface area contributed by atoms with Gasteiger partial charge in [-0.3, -0.25) is 4.79 Å². The molecule has 1 rings (SSSR count). The van der Waals surface area contributed by atoms with Gasteiger partial charge in [-0.2, -0.15) is 0 Å². The lowest BCUT2D eigenvalue weighted by Gasteiger charge is -2.07. The van der Waals surface area contributed by atoms with Crippen LogP contribution in [0.1, 0.15) is 6.92 Å². The lowest BCUT2D eigenvalue weighted by molar-refractivity contribution is -0.134. The van der Waals surface area contributed by atoms with Gasteiger partial charge in [0.25, 0.3) is 5.97 Å². The summed E-state index contributed by atoms with van der Waals surface area (Å²) in [6.07, 6.45) is 1.70. The molecule has 0 heterocycles. The molecule has 0 bridgehead atoms. The molecule has 1 aromatic carbocycles. The number of hydrogen-bond donors (Lipinski definition) is 1. The Morgan fingerprint density at radius 2 is 1.94 bits per heavy atom. The van der Waals surface area contributed by atoms with Gasteiger partial charge in [0, 0.05) is 6.92 Å². The number of carbonyl (C=O) groups is 1. The highest BCUT2D eigenvalue weighted by molar-refractivity contribution is 5.62. The van der Waals surface area contributed by atoms with Crippen molar-refractivity contribution < 1.29 is 19.4 Å². The monoisotopic (exact) mass is 224 g/mol. The molecule has 88 valence electrons. The molecule has 4 heteroatoms. The first kappa shape index (κ1) is 14.0. The first-order valence-electron chi connectivity index (χ1n) is 4.68. The van der Waals surface area contributed by atoms with Crippen LogP contribution in [-0.4, -0.2) is 24.8 Å². The number of rotatable bonds is 4. The van der Waals surface area contributed by atoms with Crippen molar-refractivity contribution in [1.29, 1.82) is 0 Å². The molecule has 0 amide bonds. The normalized spacial score (nSPS) is 8.38. The average molecular weight is 224 g/mol. The fraction of sp³-hybridized carbons (Fsp3) is 0.250. The van der Waals surface area contributed by atoms with Crippen LogP contribution in [0.4, 0.5) is 0 Å². The highest BCUT2D eigenvalue weighted by atomic mass is 16.5. The molecule has 0 spiro atoms. The Morgan fingerprint density at radius 1 is 1.44 bits per heavy atom. The maximum atomic E-state index is 9.00. The quantitative estimate of drug-likeness (QED) is 0.797. The molecule has 0 unspecified atom stereocenters. The molecule has 0 fully saturated rings. The van der Waals surface area contributed by atoms with Gasteiger partial charge in [-0.05, 0) is 12.1 Å². The molecule has 1 N–H and O–H groups in total. The van der Waals surface area contributed by atoms with Crippen LogP contribution in [0.3, 0.4) is 0 Å². The molecule has 0 aromatic heterocycles. The Balaban J connectivity index is 0.000000487. The van der Waals surface area contributed by atoms with Gasteiger partial charge in [0.2, 0.25) is 0 Å². The van der Waals surface area contributed by atoms with Gasteiger partial charge >= 0.3 is 0 Å². The largest absolute Gasteiger partial charge is 0.493 e. The lowest BCUT2D eigenvalue weighted by atomic mass is 10.3. The van der Waals surface area contributed by atoms with Gasteiger partial charge in [-0.25, -0.2) is 0 Å². The predicted molar refractivity (Wildman–Crippen MR) is 62.0 cm³/mol. The summed E-state index contributed by atoms with van der Waals surface area (Å²) in [6, 6.07) is 7.53.